The Kier molecular flexibility index (Phi) is 3.08. The molecular formula is C12H15N5OS. The molecule has 6 nitrogen and oxygen atoms in total. The summed E-state index contributed by atoms with van der Waals surface area (Å²) < 4.78 is 0. The van der Waals surface area contributed by atoms with Crippen molar-refractivity contribution in [3.63, 3.8) is 0 Å². The molecule has 1 aliphatic heterocycles. The van der Waals surface area contributed by atoms with Crippen LogP contribution in [0.1, 0.15) is 26.9 Å². The van der Waals surface area contributed by atoms with Gasteiger partial charge in [0.05, 0.1) is 11.9 Å². The third kappa shape index (κ3) is 2.52. The van der Waals surface area contributed by atoms with Crippen molar-refractivity contribution in [3.8, 4) is 0 Å². The molecule has 19 heavy (non-hydrogen) atoms. The fourth-order valence-electron chi connectivity index (χ4n) is 2.08. The lowest BCUT2D eigenvalue weighted by Gasteiger charge is -2.20. The zero-order valence-electron chi connectivity index (χ0n) is 10.9. The molecule has 2 aromatic rings. The molecule has 0 atom stereocenters. The molecule has 7 heteroatoms. The number of carbonyl (C=O) groups excluding carboxylic acids is 1. The third-order valence-corrected chi connectivity index (χ3v) is 4.09. The van der Waals surface area contributed by atoms with Crippen LogP contribution in [-0.4, -0.2) is 39.4 Å². The fraction of sp³-hybridized carbons (Fsp3) is 0.417. The van der Waals surface area contributed by atoms with Gasteiger partial charge in [-0.25, -0.2) is 9.97 Å². The van der Waals surface area contributed by atoms with E-state index in [1.165, 1.54) is 11.1 Å². The molecule has 2 aromatic heterocycles. The maximum atomic E-state index is 12.0. The minimum absolute atomic E-state index is 0.194. The Morgan fingerprint density at radius 2 is 2.42 bits per heavy atom. The second-order valence-electron chi connectivity index (χ2n) is 4.71. The van der Waals surface area contributed by atoms with Gasteiger partial charge < -0.3 is 9.88 Å². The van der Waals surface area contributed by atoms with Gasteiger partial charge in [0, 0.05) is 24.4 Å². The van der Waals surface area contributed by atoms with E-state index >= 15 is 0 Å². The van der Waals surface area contributed by atoms with E-state index in [0.29, 0.717) is 10.8 Å². The number of fused-ring (bicyclic) bond motifs is 1. The van der Waals surface area contributed by atoms with Crippen molar-refractivity contribution in [2.24, 2.45) is 0 Å². The van der Waals surface area contributed by atoms with Gasteiger partial charge in [-0.2, -0.15) is 0 Å². The van der Waals surface area contributed by atoms with Gasteiger partial charge in [0.2, 0.25) is 0 Å². The SMILES string of the molecule is Cc1ncc(C(=O)Nc2nc3c(s2)CN(C)CC3)[nH]1. The van der Waals surface area contributed by atoms with Crippen LogP contribution in [0.3, 0.4) is 0 Å². The average Bonchev–Trinajstić information content (AvgIpc) is 2.94. The fourth-order valence-corrected chi connectivity index (χ4v) is 3.16. The van der Waals surface area contributed by atoms with Crippen LogP contribution >= 0.6 is 11.3 Å². The van der Waals surface area contributed by atoms with Crippen LogP contribution < -0.4 is 5.32 Å². The lowest BCUT2D eigenvalue weighted by molar-refractivity contribution is 0.102. The number of aromatic nitrogens is 3. The molecular weight excluding hydrogens is 262 g/mol. The van der Waals surface area contributed by atoms with Crippen LogP contribution in [0.25, 0.3) is 0 Å². The van der Waals surface area contributed by atoms with Crippen LogP contribution in [0.15, 0.2) is 6.20 Å². The number of aryl methyl sites for hydroxylation is 1. The first-order valence-electron chi connectivity index (χ1n) is 6.12. The van der Waals surface area contributed by atoms with Crippen LogP contribution in [0.4, 0.5) is 5.13 Å². The molecule has 3 heterocycles. The highest BCUT2D eigenvalue weighted by Crippen LogP contribution is 2.27. The van der Waals surface area contributed by atoms with Gasteiger partial charge in [-0.05, 0) is 14.0 Å². The first-order chi connectivity index (χ1) is 9.11. The van der Waals surface area contributed by atoms with Crippen LogP contribution in [-0.2, 0) is 13.0 Å². The molecule has 0 fully saturated rings. The predicted molar refractivity (Wildman–Crippen MR) is 73.4 cm³/mol. The molecule has 0 aliphatic carbocycles. The highest BCUT2D eigenvalue weighted by atomic mass is 32.1. The quantitative estimate of drug-likeness (QED) is 0.870. The Hall–Kier alpha value is -1.73. The molecule has 1 amide bonds. The number of aromatic amines is 1. The highest BCUT2D eigenvalue weighted by molar-refractivity contribution is 7.15. The van der Waals surface area contributed by atoms with E-state index in [4.69, 9.17) is 0 Å². The minimum atomic E-state index is -0.194. The Morgan fingerprint density at radius 1 is 1.58 bits per heavy atom. The number of hydrogen-bond acceptors (Lipinski definition) is 5. The summed E-state index contributed by atoms with van der Waals surface area (Å²) >= 11 is 1.55. The number of thiazole rings is 1. The molecule has 100 valence electrons. The standard InChI is InChI=1S/C12H15N5OS/c1-7-13-5-9(14-7)11(18)16-12-15-8-3-4-17(2)6-10(8)19-12/h5H,3-4,6H2,1-2H3,(H,13,14)(H,15,16,18). The predicted octanol–water partition coefficient (Wildman–Crippen LogP) is 1.41. The number of rotatable bonds is 2. The maximum Gasteiger partial charge on any atom is 0.275 e. The number of carbonyl (C=O) groups is 1. The summed E-state index contributed by atoms with van der Waals surface area (Å²) in [6.07, 6.45) is 2.48. The Bertz CT molecular complexity index is 617. The van der Waals surface area contributed by atoms with Crippen LogP contribution in [0.2, 0.25) is 0 Å². The molecule has 0 saturated heterocycles. The number of likely N-dealkylation sites (N-methyl/N-ethyl adjacent to an activating group) is 1. The Labute approximate surface area is 114 Å². The van der Waals surface area contributed by atoms with E-state index in [2.05, 4.69) is 32.2 Å². The summed E-state index contributed by atoms with van der Waals surface area (Å²) in [6, 6.07) is 0. The first-order valence-corrected chi connectivity index (χ1v) is 6.93. The van der Waals surface area contributed by atoms with Crippen molar-refractivity contribution in [2.45, 2.75) is 19.9 Å². The van der Waals surface area contributed by atoms with Gasteiger partial charge in [0.15, 0.2) is 5.13 Å². The third-order valence-electron chi connectivity index (χ3n) is 3.09. The van der Waals surface area contributed by atoms with Gasteiger partial charge >= 0.3 is 0 Å². The van der Waals surface area contributed by atoms with Gasteiger partial charge in [-0.3, -0.25) is 10.1 Å². The van der Waals surface area contributed by atoms with Gasteiger partial charge in [0.25, 0.3) is 5.91 Å². The largest absolute Gasteiger partial charge is 0.338 e. The molecule has 0 spiro atoms. The van der Waals surface area contributed by atoms with Crippen LogP contribution in [0.5, 0.6) is 0 Å². The lowest BCUT2D eigenvalue weighted by Crippen LogP contribution is -2.25. The molecule has 2 N–H and O–H groups in total. The number of amides is 1. The number of hydrogen-bond donors (Lipinski definition) is 2. The number of imidazole rings is 1. The van der Waals surface area contributed by atoms with E-state index in [9.17, 15) is 4.79 Å². The lowest BCUT2D eigenvalue weighted by atomic mass is 10.2. The van der Waals surface area contributed by atoms with E-state index in [0.717, 1.165) is 31.0 Å². The summed E-state index contributed by atoms with van der Waals surface area (Å²) in [7, 11) is 2.09. The van der Waals surface area contributed by atoms with Gasteiger partial charge in [-0.15, -0.1) is 11.3 Å². The summed E-state index contributed by atoms with van der Waals surface area (Å²) in [6.45, 7) is 3.74. The van der Waals surface area contributed by atoms with E-state index in [1.54, 1.807) is 11.3 Å². The second kappa shape index (κ2) is 4.75. The summed E-state index contributed by atoms with van der Waals surface area (Å²) in [5.41, 5.74) is 1.57. The first kappa shape index (κ1) is 12.3. The molecule has 0 bridgehead atoms. The van der Waals surface area contributed by atoms with E-state index in [-0.39, 0.29) is 5.91 Å². The van der Waals surface area contributed by atoms with E-state index < -0.39 is 0 Å². The normalized spacial score (nSPS) is 15.3. The summed E-state index contributed by atoms with van der Waals surface area (Å²) in [5, 5.41) is 3.49. The minimum Gasteiger partial charge on any atom is -0.338 e. The number of anilines is 1. The highest BCUT2D eigenvalue weighted by Gasteiger charge is 2.19. The van der Waals surface area contributed by atoms with Crippen molar-refractivity contribution in [2.75, 3.05) is 18.9 Å². The molecule has 0 unspecified atom stereocenters. The summed E-state index contributed by atoms with van der Waals surface area (Å²) in [4.78, 5) is 26.9. The second-order valence-corrected chi connectivity index (χ2v) is 5.80. The van der Waals surface area contributed by atoms with Gasteiger partial charge in [-0.1, -0.05) is 0 Å². The van der Waals surface area contributed by atoms with Crippen molar-refractivity contribution >= 4 is 22.4 Å². The zero-order chi connectivity index (χ0) is 13.4. The van der Waals surface area contributed by atoms with Crippen LogP contribution in [0, 0.1) is 6.92 Å². The molecule has 0 aromatic carbocycles. The molecule has 3 rings (SSSR count). The number of H-pyrrole nitrogens is 1. The zero-order valence-corrected chi connectivity index (χ0v) is 11.7. The number of nitrogens with one attached hydrogen (secondary N) is 2. The van der Waals surface area contributed by atoms with Crippen molar-refractivity contribution in [1.29, 1.82) is 0 Å². The Balaban J connectivity index is 1.75. The average molecular weight is 277 g/mol. The summed E-state index contributed by atoms with van der Waals surface area (Å²) in [5.74, 6) is 0.533. The van der Waals surface area contributed by atoms with Crippen molar-refractivity contribution in [3.05, 3.63) is 28.3 Å². The molecule has 1 aliphatic rings. The topological polar surface area (TPSA) is 73.9 Å². The Morgan fingerprint density at radius 3 is 3.16 bits per heavy atom. The van der Waals surface area contributed by atoms with E-state index in [1.807, 2.05) is 6.92 Å². The smallest absolute Gasteiger partial charge is 0.275 e. The maximum absolute atomic E-state index is 12.0. The molecule has 0 saturated carbocycles. The van der Waals surface area contributed by atoms with Crippen molar-refractivity contribution in [1.82, 2.24) is 19.9 Å². The monoisotopic (exact) mass is 277 g/mol. The van der Waals surface area contributed by atoms with Gasteiger partial charge in [0.1, 0.15) is 11.5 Å². The number of nitrogens with zero attached hydrogens (tertiary/aromatic N) is 3. The molecule has 0 radical (unpaired) electrons. The van der Waals surface area contributed by atoms with Crippen molar-refractivity contribution < 1.29 is 4.79 Å².